The van der Waals surface area contributed by atoms with Crippen molar-refractivity contribution in [1.82, 2.24) is 4.31 Å². The topological polar surface area (TPSA) is 66.5 Å². The second-order valence-electron chi connectivity index (χ2n) is 5.77. The summed E-state index contributed by atoms with van der Waals surface area (Å²) in [6.45, 7) is 7.63. The van der Waals surface area contributed by atoms with E-state index in [-0.39, 0.29) is 18.5 Å². The Kier molecular flexibility index (Phi) is 7.22. The second-order valence-corrected chi connectivity index (χ2v) is 7.71. The molecule has 0 aromatic heterocycles. The first kappa shape index (κ1) is 19.6. The van der Waals surface area contributed by atoms with Crippen molar-refractivity contribution in [2.75, 3.05) is 18.1 Å². The lowest BCUT2D eigenvalue weighted by Gasteiger charge is -2.25. The van der Waals surface area contributed by atoms with Crippen molar-refractivity contribution in [3.8, 4) is 0 Å². The molecule has 1 N–H and O–H groups in total. The van der Waals surface area contributed by atoms with Gasteiger partial charge in [0.15, 0.2) is 0 Å². The molecule has 1 amide bonds. The number of amides is 1. The molecule has 0 aliphatic carbocycles. The van der Waals surface area contributed by atoms with Crippen molar-refractivity contribution in [1.29, 1.82) is 0 Å². The third-order valence-corrected chi connectivity index (χ3v) is 5.41. The largest absolute Gasteiger partial charge is 0.324 e. The Hall–Kier alpha value is -1.40. The van der Waals surface area contributed by atoms with E-state index in [0.717, 1.165) is 35.9 Å². The number of anilines is 1. The van der Waals surface area contributed by atoms with E-state index >= 15 is 0 Å². The highest BCUT2D eigenvalue weighted by molar-refractivity contribution is 7.88. The van der Waals surface area contributed by atoms with Crippen LogP contribution in [-0.4, -0.2) is 37.5 Å². The Balaban J connectivity index is 3.00. The fourth-order valence-electron chi connectivity index (χ4n) is 2.53. The zero-order valence-electron chi connectivity index (χ0n) is 14.7. The number of hydrogen-bond acceptors (Lipinski definition) is 3. The van der Waals surface area contributed by atoms with E-state index in [1.807, 2.05) is 45.9 Å². The molecule has 0 radical (unpaired) electrons. The van der Waals surface area contributed by atoms with E-state index in [4.69, 9.17) is 0 Å². The molecule has 1 atom stereocenters. The fraction of sp³-hybridized carbons (Fsp3) is 0.588. The highest BCUT2D eigenvalue weighted by atomic mass is 32.2. The summed E-state index contributed by atoms with van der Waals surface area (Å²) in [7, 11) is -3.42. The zero-order chi connectivity index (χ0) is 17.6. The van der Waals surface area contributed by atoms with Gasteiger partial charge in [0.25, 0.3) is 0 Å². The Labute approximate surface area is 140 Å². The van der Waals surface area contributed by atoms with Gasteiger partial charge in [0.05, 0.1) is 12.8 Å². The normalized spacial score (nSPS) is 13.1. The van der Waals surface area contributed by atoms with Crippen LogP contribution in [0.15, 0.2) is 18.2 Å². The molecule has 0 aliphatic rings. The van der Waals surface area contributed by atoms with Crippen LogP contribution in [0.1, 0.15) is 45.2 Å². The molecule has 130 valence electrons. The molecule has 5 nitrogen and oxygen atoms in total. The van der Waals surface area contributed by atoms with E-state index in [1.54, 1.807) is 0 Å². The minimum absolute atomic E-state index is 0.158. The van der Waals surface area contributed by atoms with Gasteiger partial charge in [-0.2, -0.15) is 4.31 Å². The number of rotatable bonds is 8. The molecule has 0 saturated heterocycles. The molecule has 0 saturated carbocycles. The third kappa shape index (κ3) is 5.32. The first-order valence-corrected chi connectivity index (χ1v) is 9.96. The van der Waals surface area contributed by atoms with Gasteiger partial charge >= 0.3 is 0 Å². The summed E-state index contributed by atoms with van der Waals surface area (Å²) < 4.78 is 25.1. The van der Waals surface area contributed by atoms with Crippen LogP contribution >= 0.6 is 0 Å². The number of nitrogens with one attached hydrogen (secondary N) is 1. The quantitative estimate of drug-likeness (QED) is 0.791. The van der Waals surface area contributed by atoms with Gasteiger partial charge in [0, 0.05) is 11.7 Å². The lowest BCUT2D eigenvalue weighted by Crippen LogP contribution is -2.42. The van der Waals surface area contributed by atoms with Crippen molar-refractivity contribution >= 4 is 21.6 Å². The van der Waals surface area contributed by atoms with Crippen molar-refractivity contribution in [2.24, 2.45) is 0 Å². The summed E-state index contributed by atoms with van der Waals surface area (Å²) in [5.41, 5.74) is 2.94. The van der Waals surface area contributed by atoms with Crippen molar-refractivity contribution in [2.45, 2.75) is 53.0 Å². The number of benzene rings is 1. The second kappa shape index (κ2) is 8.45. The molecule has 1 aromatic carbocycles. The molecular formula is C17H28N2O3S. The van der Waals surface area contributed by atoms with Crippen LogP contribution in [0.4, 0.5) is 5.69 Å². The molecule has 23 heavy (non-hydrogen) atoms. The maximum Gasteiger partial charge on any atom is 0.239 e. The average Bonchev–Trinajstić information content (AvgIpc) is 2.50. The van der Waals surface area contributed by atoms with Crippen LogP contribution < -0.4 is 5.32 Å². The number of para-hydroxylation sites is 1. The molecule has 0 spiro atoms. The Bertz CT molecular complexity index is 619. The predicted octanol–water partition coefficient (Wildman–Crippen LogP) is 2.81. The first-order chi connectivity index (χ1) is 10.7. The van der Waals surface area contributed by atoms with E-state index in [9.17, 15) is 13.2 Å². The predicted molar refractivity (Wildman–Crippen MR) is 95.1 cm³/mol. The molecule has 1 rings (SSSR count). The van der Waals surface area contributed by atoms with Gasteiger partial charge in [0.1, 0.15) is 0 Å². The summed E-state index contributed by atoms with van der Waals surface area (Å²) in [5, 5.41) is 2.92. The van der Waals surface area contributed by atoms with Gasteiger partial charge in [-0.25, -0.2) is 8.42 Å². The van der Waals surface area contributed by atoms with Gasteiger partial charge in [0.2, 0.25) is 15.9 Å². The lowest BCUT2D eigenvalue weighted by atomic mass is 10.0. The number of carbonyl (C=O) groups is 1. The number of hydrogen-bond donors (Lipinski definition) is 1. The molecule has 0 fully saturated rings. The van der Waals surface area contributed by atoms with Crippen LogP contribution in [0.2, 0.25) is 0 Å². The Morgan fingerprint density at radius 3 is 2.09 bits per heavy atom. The third-order valence-electron chi connectivity index (χ3n) is 4.07. The number of aryl methyl sites for hydroxylation is 2. The molecule has 0 aliphatic heterocycles. The molecule has 1 unspecified atom stereocenters. The first-order valence-electron chi connectivity index (χ1n) is 8.11. The smallest absolute Gasteiger partial charge is 0.239 e. The molecular weight excluding hydrogens is 312 g/mol. The number of sulfonamides is 1. The van der Waals surface area contributed by atoms with Gasteiger partial charge in [-0.15, -0.1) is 0 Å². The fourth-order valence-corrected chi connectivity index (χ4v) is 3.68. The van der Waals surface area contributed by atoms with Gasteiger partial charge in [-0.3, -0.25) is 4.79 Å². The van der Waals surface area contributed by atoms with Gasteiger partial charge < -0.3 is 5.32 Å². The summed E-state index contributed by atoms with van der Waals surface area (Å²) >= 11 is 0. The summed E-state index contributed by atoms with van der Waals surface area (Å²) in [6, 6.07) is 5.74. The number of carbonyl (C=O) groups excluding carboxylic acids is 1. The minimum atomic E-state index is -3.42. The van der Waals surface area contributed by atoms with E-state index in [2.05, 4.69) is 5.32 Å². The van der Waals surface area contributed by atoms with Crippen molar-refractivity contribution in [3.63, 3.8) is 0 Å². The molecule has 6 heteroatoms. The van der Waals surface area contributed by atoms with Gasteiger partial charge in [-0.05, 0) is 37.3 Å². The monoisotopic (exact) mass is 340 g/mol. The highest BCUT2D eigenvalue weighted by Crippen LogP contribution is 2.22. The molecule has 0 bridgehead atoms. The molecule has 1 aromatic rings. The van der Waals surface area contributed by atoms with E-state index in [0.29, 0.717) is 6.42 Å². The van der Waals surface area contributed by atoms with Crippen LogP contribution in [0, 0.1) is 0 Å². The van der Waals surface area contributed by atoms with Crippen LogP contribution in [0.25, 0.3) is 0 Å². The standard InChI is InChI=1S/C17H28N2O3S/c1-6-13(4)19(23(5,21)22)12-16(20)18-17-14(7-2)10-9-11-15(17)8-3/h9-11,13H,6-8,12H2,1-5H3,(H,18,20). The van der Waals surface area contributed by atoms with E-state index < -0.39 is 10.0 Å². The Morgan fingerprint density at radius 2 is 1.70 bits per heavy atom. The SMILES string of the molecule is CCc1cccc(CC)c1NC(=O)CN(C(C)CC)S(C)(=O)=O. The highest BCUT2D eigenvalue weighted by Gasteiger charge is 2.25. The summed E-state index contributed by atoms with van der Waals surface area (Å²) in [6.07, 6.45) is 3.42. The zero-order valence-corrected chi connectivity index (χ0v) is 15.5. The van der Waals surface area contributed by atoms with Crippen LogP contribution in [0.3, 0.4) is 0 Å². The van der Waals surface area contributed by atoms with Gasteiger partial charge in [-0.1, -0.05) is 39.0 Å². The Morgan fingerprint density at radius 1 is 1.17 bits per heavy atom. The number of nitrogens with zero attached hydrogens (tertiary/aromatic N) is 1. The minimum Gasteiger partial charge on any atom is -0.324 e. The van der Waals surface area contributed by atoms with Crippen LogP contribution in [0.5, 0.6) is 0 Å². The summed E-state index contributed by atoms with van der Waals surface area (Å²) in [5.74, 6) is -0.300. The molecule has 0 heterocycles. The van der Waals surface area contributed by atoms with Crippen LogP contribution in [-0.2, 0) is 27.7 Å². The lowest BCUT2D eigenvalue weighted by molar-refractivity contribution is -0.116. The average molecular weight is 340 g/mol. The van der Waals surface area contributed by atoms with Crippen molar-refractivity contribution < 1.29 is 13.2 Å². The maximum atomic E-state index is 12.4. The summed E-state index contributed by atoms with van der Waals surface area (Å²) in [4.78, 5) is 12.4. The maximum absolute atomic E-state index is 12.4. The van der Waals surface area contributed by atoms with Crippen molar-refractivity contribution in [3.05, 3.63) is 29.3 Å². The van der Waals surface area contributed by atoms with E-state index in [1.165, 1.54) is 4.31 Å².